The average molecular weight is 184 g/mol. The van der Waals surface area contributed by atoms with Crippen molar-refractivity contribution >= 4 is 0 Å². The highest BCUT2D eigenvalue weighted by atomic mass is 16.3. The zero-order chi connectivity index (χ0) is 11.3. The van der Waals surface area contributed by atoms with Crippen LogP contribution in [0.5, 0.6) is 0 Å². The normalized spacial score (nSPS) is 8.31. The fraction of sp³-hybridized carbons (Fsp3) is 0.500. The van der Waals surface area contributed by atoms with Crippen LogP contribution in [0.4, 0.5) is 0 Å². The van der Waals surface area contributed by atoms with Crippen molar-refractivity contribution in [2.45, 2.75) is 41.5 Å². The minimum Gasteiger partial charge on any atom is -0.508 e. The molecule has 0 amide bonds. The number of aliphatic hydroxyl groups excluding tert-OH is 1. The highest BCUT2D eigenvalue weighted by Crippen LogP contribution is 1.93. The van der Waals surface area contributed by atoms with E-state index in [1.807, 2.05) is 47.6 Å². The first kappa shape index (κ1) is 17.9. The van der Waals surface area contributed by atoms with Gasteiger partial charge in [-0.05, 0) is 26.0 Å². The van der Waals surface area contributed by atoms with Crippen molar-refractivity contribution in [2.75, 3.05) is 0 Å². The summed E-state index contributed by atoms with van der Waals surface area (Å²) < 4.78 is 0. The predicted molar refractivity (Wildman–Crippen MR) is 63.0 cm³/mol. The number of allylic oxidation sites excluding steroid dienone is 4. The van der Waals surface area contributed by atoms with E-state index in [1.165, 1.54) is 6.08 Å². The van der Waals surface area contributed by atoms with Gasteiger partial charge in [0.2, 0.25) is 0 Å². The first-order chi connectivity index (χ1) is 6.16. The van der Waals surface area contributed by atoms with Crippen LogP contribution < -0.4 is 0 Å². The molecule has 0 spiro atoms. The second-order valence-corrected chi connectivity index (χ2v) is 2.04. The van der Waals surface area contributed by atoms with Crippen molar-refractivity contribution < 1.29 is 5.11 Å². The van der Waals surface area contributed by atoms with Gasteiger partial charge in [-0.3, -0.25) is 0 Å². The van der Waals surface area contributed by atoms with Gasteiger partial charge in [0.15, 0.2) is 0 Å². The maximum Gasteiger partial charge on any atom is 0.114 e. The van der Waals surface area contributed by atoms with E-state index in [0.29, 0.717) is 0 Å². The first-order valence-corrected chi connectivity index (χ1v) is 4.83. The van der Waals surface area contributed by atoms with Gasteiger partial charge in [0.1, 0.15) is 5.76 Å². The third-order valence-corrected chi connectivity index (χ3v) is 0.797. The Bertz CT molecular complexity index is 149. The molecule has 0 rings (SSSR count). The summed E-state index contributed by atoms with van der Waals surface area (Å²) in [5, 5.41) is 8.81. The third kappa shape index (κ3) is 24.7. The lowest BCUT2D eigenvalue weighted by atomic mass is 10.3. The van der Waals surface area contributed by atoms with Crippen molar-refractivity contribution in [3.05, 3.63) is 36.1 Å². The molecule has 0 heterocycles. The monoisotopic (exact) mass is 184 g/mol. The summed E-state index contributed by atoms with van der Waals surface area (Å²) in [7, 11) is 0. The van der Waals surface area contributed by atoms with Gasteiger partial charge in [0, 0.05) is 0 Å². The highest BCUT2D eigenvalue weighted by molar-refractivity contribution is 5.17. The summed E-state index contributed by atoms with van der Waals surface area (Å²) >= 11 is 0. The molecule has 0 radical (unpaired) electrons. The molecular weight excluding hydrogens is 160 g/mol. The van der Waals surface area contributed by atoms with Crippen molar-refractivity contribution in [3.8, 4) is 0 Å². The molecule has 0 aliphatic carbocycles. The SMILES string of the molecule is C=C/C(O)=C\C=C(C)C.CC.CC. The van der Waals surface area contributed by atoms with Crippen LogP contribution in [0.25, 0.3) is 0 Å². The Morgan fingerprint density at radius 3 is 1.62 bits per heavy atom. The van der Waals surface area contributed by atoms with E-state index in [9.17, 15) is 0 Å². The number of hydrogen-bond donors (Lipinski definition) is 1. The van der Waals surface area contributed by atoms with Crippen LogP contribution in [0, 0.1) is 0 Å². The van der Waals surface area contributed by atoms with Crippen LogP contribution in [0.15, 0.2) is 36.1 Å². The van der Waals surface area contributed by atoms with E-state index < -0.39 is 0 Å². The van der Waals surface area contributed by atoms with Crippen molar-refractivity contribution in [2.24, 2.45) is 0 Å². The fourth-order valence-electron chi connectivity index (χ4n) is 0.320. The minimum absolute atomic E-state index is 0.205. The minimum atomic E-state index is 0.205. The van der Waals surface area contributed by atoms with E-state index in [4.69, 9.17) is 5.11 Å². The smallest absolute Gasteiger partial charge is 0.114 e. The highest BCUT2D eigenvalue weighted by Gasteiger charge is 1.77. The largest absolute Gasteiger partial charge is 0.508 e. The third-order valence-electron chi connectivity index (χ3n) is 0.797. The molecule has 0 aromatic carbocycles. The van der Waals surface area contributed by atoms with E-state index in [-0.39, 0.29) is 5.76 Å². The average Bonchev–Trinajstić information content (AvgIpc) is 2.20. The van der Waals surface area contributed by atoms with Gasteiger partial charge >= 0.3 is 0 Å². The summed E-state index contributed by atoms with van der Waals surface area (Å²) in [6.07, 6.45) is 4.85. The quantitative estimate of drug-likeness (QED) is 0.490. The Morgan fingerprint density at radius 1 is 1.00 bits per heavy atom. The second kappa shape index (κ2) is 17.2. The lowest BCUT2D eigenvalue weighted by Gasteiger charge is -1.85. The lowest BCUT2D eigenvalue weighted by Crippen LogP contribution is -1.69. The molecule has 0 aromatic rings. The van der Waals surface area contributed by atoms with E-state index in [2.05, 4.69) is 6.58 Å². The molecule has 78 valence electrons. The standard InChI is InChI=1S/C8H12O.2C2H6/c1-4-8(9)6-5-7(2)3;2*1-2/h4-6,9H,1H2,2-3H3;2*1-2H3/b8-6+;;. The van der Waals surface area contributed by atoms with Crippen LogP contribution in [-0.4, -0.2) is 5.11 Å². The molecular formula is C12H24O. The van der Waals surface area contributed by atoms with E-state index in [0.717, 1.165) is 5.57 Å². The van der Waals surface area contributed by atoms with Gasteiger partial charge in [0.25, 0.3) is 0 Å². The molecule has 0 atom stereocenters. The molecule has 1 N–H and O–H groups in total. The number of hydrogen-bond acceptors (Lipinski definition) is 1. The predicted octanol–water partition coefficient (Wildman–Crippen LogP) is 4.63. The van der Waals surface area contributed by atoms with Crippen LogP contribution in [0.3, 0.4) is 0 Å². The molecule has 0 saturated heterocycles. The Labute approximate surface area is 83.5 Å². The molecule has 13 heavy (non-hydrogen) atoms. The summed E-state index contributed by atoms with van der Waals surface area (Å²) in [4.78, 5) is 0. The molecule has 0 aliphatic rings. The molecule has 0 aromatic heterocycles. The summed E-state index contributed by atoms with van der Waals surface area (Å²) in [5.74, 6) is 0.205. The lowest BCUT2D eigenvalue weighted by molar-refractivity contribution is 0.433. The molecule has 0 aliphatic heterocycles. The summed E-state index contributed by atoms with van der Waals surface area (Å²) in [6, 6.07) is 0. The van der Waals surface area contributed by atoms with Gasteiger partial charge in [0.05, 0.1) is 0 Å². The number of rotatable bonds is 2. The van der Waals surface area contributed by atoms with Gasteiger partial charge in [-0.15, -0.1) is 0 Å². The Kier molecular flexibility index (Phi) is 23.7. The Balaban J connectivity index is -0.000000218. The molecule has 1 heteroatoms. The molecule has 1 nitrogen and oxygen atoms in total. The maximum absolute atomic E-state index is 8.81. The van der Waals surface area contributed by atoms with Crippen molar-refractivity contribution in [1.29, 1.82) is 0 Å². The number of aliphatic hydroxyl groups is 1. The molecule has 0 fully saturated rings. The second-order valence-electron chi connectivity index (χ2n) is 2.04. The molecule has 0 saturated carbocycles. The summed E-state index contributed by atoms with van der Waals surface area (Å²) in [6.45, 7) is 15.3. The van der Waals surface area contributed by atoms with Crippen molar-refractivity contribution in [3.63, 3.8) is 0 Å². The zero-order valence-corrected chi connectivity index (χ0v) is 9.89. The van der Waals surface area contributed by atoms with Gasteiger partial charge < -0.3 is 5.11 Å². The van der Waals surface area contributed by atoms with E-state index in [1.54, 1.807) is 6.08 Å². The Morgan fingerprint density at radius 2 is 1.38 bits per heavy atom. The Hall–Kier alpha value is -0.980. The van der Waals surface area contributed by atoms with Gasteiger partial charge in [-0.2, -0.15) is 0 Å². The fourth-order valence-corrected chi connectivity index (χ4v) is 0.320. The van der Waals surface area contributed by atoms with Crippen LogP contribution >= 0.6 is 0 Å². The molecule has 0 bridgehead atoms. The van der Waals surface area contributed by atoms with E-state index >= 15 is 0 Å². The first-order valence-electron chi connectivity index (χ1n) is 4.83. The van der Waals surface area contributed by atoms with Gasteiger partial charge in [-0.1, -0.05) is 45.9 Å². The van der Waals surface area contributed by atoms with Crippen LogP contribution in [0.2, 0.25) is 0 Å². The zero-order valence-electron chi connectivity index (χ0n) is 9.89. The maximum atomic E-state index is 8.81. The van der Waals surface area contributed by atoms with Crippen molar-refractivity contribution in [1.82, 2.24) is 0 Å². The van der Waals surface area contributed by atoms with Crippen LogP contribution in [-0.2, 0) is 0 Å². The topological polar surface area (TPSA) is 20.2 Å². The van der Waals surface area contributed by atoms with Gasteiger partial charge in [-0.25, -0.2) is 0 Å². The van der Waals surface area contributed by atoms with Crippen LogP contribution in [0.1, 0.15) is 41.5 Å². The summed E-state index contributed by atoms with van der Waals surface area (Å²) in [5.41, 5.74) is 1.16. The molecule has 0 unspecified atom stereocenters.